The van der Waals surface area contributed by atoms with Crippen LogP contribution in [0.25, 0.3) is 0 Å². The van der Waals surface area contributed by atoms with Crippen LogP contribution < -0.4 is 0 Å². The largest absolute Gasteiger partial charge is 0.0914 e. The molecule has 0 atom stereocenters. The molecule has 0 spiro atoms. The number of rotatable bonds is 1. The number of allylic oxidation sites excluding steroid dienone is 2. The smallest absolute Gasteiger partial charge is 0.0234 e. The molecule has 0 aromatic rings. The fourth-order valence-corrected chi connectivity index (χ4v) is 3.54. The van der Waals surface area contributed by atoms with Gasteiger partial charge < -0.3 is 0 Å². The fraction of sp³-hybridized carbons (Fsp3) is 0.900. The Hall–Kier alpha value is -0.260. The normalized spacial score (nSPS) is 23.6. The minimum absolute atomic E-state index is 0.871. The van der Waals surface area contributed by atoms with Crippen LogP contribution in [0.15, 0.2) is 12.2 Å². The van der Waals surface area contributed by atoms with Gasteiger partial charge in [-0.25, -0.2) is 0 Å². The Labute approximate surface area is 128 Å². The molecule has 1 fully saturated rings. The Morgan fingerprint density at radius 3 is 1.10 bits per heavy atom. The predicted octanol–water partition coefficient (Wildman–Crippen LogP) is 7.43. The molecule has 1 saturated carbocycles. The van der Waals surface area contributed by atoms with Gasteiger partial charge in [-0.1, -0.05) is 102 Å². The van der Waals surface area contributed by atoms with Crippen molar-refractivity contribution in [1.29, 1.82) is 0 Å². The maximum Gasteiger partial charge on any atom is -0.0234 e. The summed E-state index contributed by atoms with van der Waals surface area (Å²) in [5, 5.41) is 0. The molecule has 0 saturated heterocycles. The van der Waals surface area contributed by atoms with Gasteiger partial charge in [0.05, 0.1) is 0 Å². The van der Waals surface area contributed by atoms with Crippen LogP contribution in [0.3, 0.4) is 0 Å². The molecule has 1 aliphatic carbocycles. The second-order valence-electron chi connectivity index (χ2n) is 6.81. The average molecular weight is 279 g/mol. The van der Waals surface area contributed by atoms with Crippen LogP contribution in [0.4, 0.5) is 0 Å². The molecule has 0 N–H and O–H groups in total. The van der Waals surface area contributed by atoms with E-state index in [2.05, 4.69) is 19.1 Å². The van der Waals surface area contributed by atoms with Gasteiger partial charge in [0, 0.05) is 0 Å². The van der Waals surface area contributed by atoms with Gasteiger partial charge in [-0.3, -0.25) is 0 Å². The van der Waals surface area contributed by atoms with Gasteiger partial charge in [-0.05, 0) is 25.7 Å². The van der Waals surface area contributed by atoms with E-state index in [4.69, 9.17) is 0 Å². The third-order valence-corrected chi connectivity index (χ3v) is 4.86. The summed E-state index contributed by atoms with van der Waals surface area (Å²) in [5.41, 5.74) is 0. The van der Waals surface area contributed by atoms with E-state index >= 15 is 0 Å². The molecular weight excluding hydrogens is 240 g/mol. The molecule has 20 heavy (non-hydrogen) atoms. The molecule has 0 amide bonds. The lowest BCUT2D eigenvalue weighted by Gasteiger charge is -2.12. The second-order valence-corrected chi connectivity index (χ2v) is 6.81. The Kier molecular flexibility index (Phi) is 12.2. The number of hydrogen-bond donors (Lipinski definition) is 0. The standard InChI is InChI=1S/C20H38/c1-2-17-20-18-15-13-11-9-7-5-3-4-6-8-10-12-14-16-19-20/h2,17,20H,3-16,18-19H2,1H3. The lowest BCUT2D eigenvalue weighted by molar-refractivity contribution is 0.466. The monoisotopic (exact) mass is 278 g/mol. The third kappa shape index (κ3) is 10.5. The molecule has 1 aliphatic rings. The molecule has 0 bridgehead atoms. The van der Waals surface area contributed by atoms with Crippen molar-refractivity contribution < 1.29 is 0 Å². The Balaban J connectivity index is 2.23. The highest BCUT2D eigenvalue weighted by Crippen LogP contribution is 2.21. The molecule has 0 heterocycles. The minimum Gasteiger partial charge on any atom is -0.0914 e. The Morgan fingerprint density at radius 2 is 0.800 bits per heavy atom. The highest BCUT2D eigenvalue weighted by atomic mass is 14.1. The maximum atomic E-state index is 2.47. The van der Waals surface area contributed by atoms with Crippen molar-refractivity contribution >= 4 is 0 Å². The molecule has 0 nitrogen and oxygen atoms in total. The van der Waals surface area contributed by atoms with Crippen LogP contribution in [0, 0.1) is 5.92 Å². The second kappa shape index (κ2) is 13.7. The fourth-order valence-electron chi connectivity index (χ4n) is 3.54. The first-order valence-corrected chi connectivity index (χ1v) is 9.56. The van der Waals surface area contributed by atoms with Crippen molar-refractivity contribution in [3.8, 4) is 0 Å². The van der Waals surface area contributed by atoms with E-state index in [0.29, 0.717) is 0 Å². The molecule has 0 unspecified atom stereocenters. The summed E-state index contributed by atoms with van der Waals surface area (Å²) in [4.78, 5) is 0. The lowest BCUT2D eigenvalue weighted by Crippen LogP contribution is -1.97. The summed E-state index contributed by atoms with van der Waals surface area (Å²) in [7, 11) is 0. The minimum atomic E-state index is 0.871. The van der Waals surface area contributed by atoms with Crippen LogP contribution in [0.5, 0.6) is 0 Å². The summed E-state index contributed by atoms with van der Waals surface area (Å²) >= 11 is 0. The molecular formula is C20H38. The first-order chi connectivity index (χ1) is 9.93. The number of hydrogen-bond acceptors (Lipinski definition) is 0. The quantitative estimate of drug-likeness (QED) is 0.437. The van der Waals surface area contributed by atoms with E-state index < -0.39 is 0 Å². The van der Waals surface area contributed by atoms with Crippen molar-refractivity contribution in [2.75, 3.05) is 0 Å². The zero-order valence-corrected chi connectivity index (χ0v) is 14.0. The summed E-state index contributed by atoms with van der Waals surface area (Å²) in [6.07, 6.45) is 28.3. The molecule has 0 aromatic carbocycles. The first-order valence-electron chi connectivity index (χ1n) is 9.56. The van der Waals surface area contributed by atoms with E-state index in [0.717, 1.165) is 5.92 Å². The zero-order chi connectivity index (χ0) is 14.3. The van der Waals surface area contributed by atoms with Crippen LogP contribution in [0.2, 0.25) is 0 Å². The van der Waals surface area contributed by atoms with Gasteiger partial charge in [0.25, 0.3) is 0 Å². The van der Waals surface area contributed by atoms with Crippen LogP contribution in [0.1, 0.15) is 110 Å². The van der Waals surface area contributed by atoms with E-state index in [1.807, 2.05) is 0 Å². The van der Waals surface area contributed by atoms with Crippen molar-refractivity contribution in [2.24, 2.45) is 5.92 Å². The first kappa shape index (κ1) is 17.8. The van der Waals surface area contributed by atoms with Crippen LogP contribution >= 0.6 is 0 Å². The van der Waals surface area contributed by atoms with Crippen molar-refractivity contribution in [3.05, 3.63) is 12.2 Å². The van der Waals surface area contributed by atoms with Crippen LogP contribution in [-0.2, 0) is 0 Å². The average Bonchev–Trinajstić information content (AvgIpc) is 2.46. The van der Waals surface area contributed by atoms with E-state index in [1.54, 1.807) is 0 Å². The topological polar surface area (TPSA) is 0 Å². The van der Waals surface area contributed by atoms with E-state index in [1.165, 1.54) is 103 Å². The SMILES string of the molecule is CC=CC1CCCCCCCCCCCCCCCC1. The van der Waals surface area contributed by atoms with Crippen molar-refractivity contribution in [2.45, 2.75) is 110 Å². The Morgan fingerprint density at radius 1 is 0.500 bits per heavy atom. The molecule has 0 aliphatic heterocycles. The van der Waals surface area contributed by atoms with Gasteiger partial charge in [0.2, 0.25) is 0 Å². The highest BCUT2D eigenvalue weighted by molar-refractivity contribution is 4.85. The van der Waals surface area contributed by atoms with Gasteiger partial charge in [0.1, 0.15) is 0 Å². The van der Waals surface area contributed by atoms with E-state index in [9.17, 15) is 0 Å². The molecule has 0 heteroatoms. The third-order valence-electron chi connectivity index (χ3n) is 4.86. The molecule has 1 rings (SSSR count). The summed E-state index contributed by atoms with van der Waals surface area (Å²) < 4.78 is 0. The van der Waals surface area contributed by atoms with Gasteiger partial charge >= 0.3 is 0 Å². The lowest BCUT2D eigenvalue weighted by atomic mass is 9.94. The predicted molar refractivity (Wildman–Crippen MR) is 92.2 cm³/mol. The van der Waals surface area contributed by atoms with Crippen LogP contribution in [-0.4, -0.2) is 0 Å². The van der Waals surface area contributed by atoms with Crippen molar-refractivity contribution in [1.82, 2.24) is 0 Å². The van der Waals surface area contributed by atoms with E-state index in [-0.39, 0.29) is 0 Å². The van der Waals surface area contributed by atoms with Gasteiger partial charge in [-0.15, -0.1) is 0 Å². The zero-order valence-electron chi connectivity index (χ0n) is 14.0. The summed E-state index contributed by atoms with van der Waals surface area (Å²) in [6, 6.07) is 0. The van der Waals surface area contributed by atoms with Crippen molar-refractivity contribution in [3.63, 3.8) is 0 Å². The summed E-state index contributed by atoms with van der Waals surface area (Å²) in [6.45, 7) is 2.18. The molecule has 118 valence electrons. The molecule has 0 radical (unpaired) electrons. The Bertz CT molecular complexity index is 198. The van der Waals surface area contributed by atoms with Gasteiger partial charge in [-0.2, -0.15) is 0 Å². The van der Waals surface area contributed by atoms with Gasteiger partial charge in [0.15, 0.2) is 0 Å². The highest BCUT2D eigenvalue weighted by Gasteiger charge is 2.05. The molecule has 0 aromatic heterocycles. The maximum absolute atomic E-state index is 2.47. The summed E-state index contributed by atoms with van der Waals surface area (Å²) in [5.74, 6) is 0.871.